The molecular weight excluding hydrogens is 280 g/mol. The highest BCUT2D eigenvalue weighted by Crippen LogP contribution is 2.25. The first-order valence-corrected chi connectivity index (χ1v) is 7.59. The van der Waals surface area contributed by atoms with E-state index < -0.39 is 0 Å². The summed E-state index contributed by atoms with van der Waals surface area (Å²) in [5, 5.41) is 2.99. The summed E-state index contributed by atoms with van der Waals surface area (Å²) in [6, 6.07) is 10.5. The maximum absolute atomic E-state index is 5.85. The molecule has 1 unspecified atom stereocenters. The molecule has 1 aliphatic heterocycles. The van der Waals surface area contributed by atoms with Crippen molar-refractivity contribution >= 4 is 22.9 Å². The van der Waals surface area contributed by atoms with Gasteiger partial charge < -0.3 is 4.74 Å². The highest BCUT2D eigenvalue weighted by molar-refractivity contribution is 7.11. The Bertz CT molecular complexity index is 531. The molecule has 3 rings (SSSR count). The minimum Gasteiger partial charge on any atom is -0.465 e. The van der Waals surface area contributed by atoms with Crippen LogP contribution in [-0.4, -0.2) is 29.1 Å². The van der Waals surface area contributed by atoms with Crippen LogP contribution in [0.4, 0.5) is 0 Å². The lowest BCUT2D eigenvalue weighted by Gasteiger charge is -2.15. The number of likely N-dealkylation sites (tertiary alicyclic amines) is 1. The van der Waals surface area contributed by atoms with Gasteiger partial charge in [0, 0.05) is 25.0 Å². The van der Waals surface area contributed by atoms with Crippen molar-refractivity contribution < 1.29 is 4.74 Å². The second kappa shape index (κ2) is 5.90. The quantitative estimate of drug-likeness (QED) is 0.863. The van der Waals surface area contributed by atoms with E-state index in [-0.39, 0.29) is 6.10 Å². The van der Waals surface area contributed by atoms with Crippen LogP contribution in [-0.2, 0) is 6.54 Å². The summed E-state index contributed by atoms with van der Waals surface area (Å²) in [4.78, 5) is 6.54. The SMILES string of the molecule is Clc1csc(OC2CCN(Cc3ccccc3)C2)n1. The highest BCUT2D eigenvalue weighted by atomic mass is 35.5. The zero-order chi connectivity index (χ0) is 13.1. The van der Waals surface area contributed by atoms with Gasteiger partial charge in [0.1, 0.15) is 11.3 Å². The molecule has 0 amide bonds. The Labute approximate surface area is 121 Å². The summed E-state index contributed by atoms with van der Waals surface area (Å²) in [6.45, 7) is 3.00. The van der Waals surface area contributed by atoms with E-state index in [0.29, 0.717) is 10.3 Å². The third-order valence-corrected chi connectivity index (χ3v) is 4.25. The molecule has 0 saturated carbocycles. The number of hydrogen-bond acceptors (Lipinski definition) is 4. The molecule has 0 aliphatic carbocycles. The second-order valence-corrected chi connectivity index (χ2v) is 5.89. The number of ether oxygens (including phenoxy) is 1. The first-order chi connectivity index (χ1) is 9.29. The number of halogens is 1. The molecule has 1 atom stereocenters. The summed E-state index contributed by atoms with van der Waals surface area (Å²) in [7, 11) is 0. The van der Waals surface area contributed by atoms with Gasteiger partial charge >= 0.3 is 0 Å². The minimum absolute atomic E-state index is 0.228. The number of nitrogens with zero attached hydrogens (tertiary/aromatic N) is 2. The van der Waals surface area contributed by atoms with Crippen molar-refractivity contribution in [1.29, 1.82) is 0 Å². The summed E-state index contributed by atoms with van der Waals surface area (Å²) in [5.74, 6) is 0. The monoisotopic (exact) mass is 294 g/mol. The van der Waals surface area contributed by atoms with Gasteiger partial charge in [-0.05, 0) is 12.0 Å². The third-order valence-electron chi connectivity index (χ3n) is 3.20. The van der Waals surface area contributed by atoms with Crippen molar-refractivity contribution in [1.82, 2.24) is 9.88 Å². The second-order valence-electron chi connectivity index (χ2n) is 4.69. The summed E-state index contributed by atoms with van der Waals surface area (Å²) in [5.41, 5.74) is 1.35. The van der Waals surface area contributed by atoms with Gasteiger partial charge in [-0.2, -0.15) is 4.98 Å². The van der Waals surface area contributed by atoms with Crippen molar-refractivity contribution in [2.45, 2.75) is 19.1 Å². The number of benzene rings is 1. The van der Waals surface area contributed by atoms with Crippen molar-refractivity contribution in [3.8, 4) is 5.19 Å². The fourth-order valence-electron chi connectivity index (χ4n) is 2.31. The van der Waals surface area contributed by atoms with Gasteiger partial charge in [0.2, 0.25) is 0 Å². The van der Waals surface area contributed by atoms with E-state index in [1.807, 2.05) is 6.07 Å². The van der Waals surface area contributed by atoms with Crippen LogP contribution in [0.25, 0.3) is 0 Å². The molecule has 1 fully saturated rings. The lowest BCUT2D eigenvalue weighted by atomic mass is 10.2. The van der Waals surface area contributed by atoms with Crippen molar-refractivity contribution in [2.75, 3.05) is 13.1 Å². The molecule has 1 aromatic heterocycles. The Balaban J connectivity index is 1.53. The number of hydrogen-bond donors (Lipinski definition) is 0. The first kappa shape index (κ1) is 12.9. The van der Waals surface area contributed by atoms with Crippen LogP contribution in [0.1, 0.15) is 12.0 Å². The zero-order valence-electron chi connectivity index (χ0n) is 10.5. The molecule has 1 aliphatic rings. The van der Waals surface area contributed by atoms with Crippen LogP contribution in [0, 0.1) is 0 Å². The Morgan fingerprint density at radius 3 is 2.95 bits per heavy atom. The van der Waals surface area contributed by atoms with Gasteiger partial charge in [0.15, 0.2) is 0 Å². The largest absolute Gasteiger partial charge is 0.465 e. The summed E-state index contributed by atoms with van der Waals surface area (Å²) >= 11 is 7.25. The zero-order valence-corrected chi connectivity index (χ0v) is 12.0. The van der Waals surface area contributed by atoms with Gasteiger partial charge in [-0.3, -0.25) is 4.90 Å². The minimum atomic E-state index is 0.228. The first-order valence-electron chi connectivity index (χ1n) is 6.33. The number of thiazole rings is 1. The van der Waals surface area contributed by atoms with Gasteiger partial charge in [-0.15, -0.1) is 0 Å². The molecule has 1 saturated heterocycles. The average molecular weight is 295 g/mol. The topological polar surface area (TPSA) is 25.4 Å². The van der Waals surface area contributed by atoms with Gasteiger partial charge in [-0.25, -0.2) is 0 Å². The van der Waals surface area contributed by atoms with Crippen molar-refractivity contribution in [2.24, 2.45) is 0 Å². The van der Waals surface area contributed by atoms with E-state index in [2.05, 4.69) is 34.1 Å². The molecule has 100 valence electrons. The van der Waals surface area contributed by atoms with E-state index in [4.69, 9.17) is 16.3 Å². The normalized spacial score (nSPS) is 19.7. The molecule has 3 nitrogen and oxygen atoms in total. The molecule has 0 radical (unpaired) electrons. The van der Waals surface area contributed by atoms with Gasteiger partial charge in [0.05, 0.1) is 0 Å². The van der Waals surface area contributed by atoms with Crippen LogP contribution in [0.2, 0.25) is 5.15 Å². The summed E-state index contributed by atoms with van der Waals surface area (Å²) < 4.78 is 5.85. The van der Waals surface area contributed by atoms with Gasteiger partial charge in [0.25, 0.3) is 5.19 Å². The van der Waals surface area contributed by atoms with E-state index in [0.717, 1.165) is 26.1 Å². The lowest BCUT2D eigenvalue weighted by molar-refractivity contribution is 0.197. The lowest BCUT2D eigenvalue weighted by Crippen LogP contribution is -2.24. The van der Waals surface area contributed by atoms with Crippen LogP contribution in [0.3, 0.4) is 0 Å². The molecule has 5 heteroatoms. The third kappa shape index (κ3) is 3.47. The van der Waals surface area contributed by atoms with Crippen LogP contribution in [0.15, 0.2) is 35.7 Å². The molecule has 2 aromatic rings. The molecule has 19 heavy (non-hydrogen) atoms. The van der Waals surface area contributed by atoms with E-state index in [1.54, 1.807) is 5.38 Å². The van der Waals surface area contributed by atoms with E-state index >= 15 is 0 Å². The molecule has 0 spiro atoms. The van der Waals surface area contributed by atoms with Crippen LogP contribution in [0.5, 0.6) is 5.19 Å². The van der Waals surface area contributed by atoms with E-state index in [1.165, 1.54) is 16.9 Å². The maximum Gasteiger partial charge on any atom is 0.274 e. The summed E-state index contributed by atoms with van der Waals surface area (Å²) in [6.07, 6.45) is 1.27. The number of rotatable bonds is 4. The Hall–Kier alpha value is -1.10. The Kier molecular flexibility index (Phi) is 4.01. The van der Waals surface area contributed by atoms with Crippen molar-refractivity contribution in [3.63, 3.8) is 0 Å². The number of aromatic nitrogens is 1. The molecule has 1 aromatic carbocycles. The van der Waals surface area contributed by atoms with Crippen LogP contribution < -0.4 is 4.74 Å². The fraction of sp³-hybridized carbons (Fsp3) is 0.357. The Morgan fingerprint density at radius 1 is 1.37 bits per heavy atom. The predicted octanol–water partition coefficient (Wildman–Crippen LogP) is 3.45. The molecule has 0 bridgehead atoms. The van der Waals surface area contributed by atoms with Gasteiger partial charge in [-0.1, -0.05) is 53.3 Å². The highest BCUT2D eigenvalue weighted by Gasteiger charge is 2.24. The Morgan fingerprint density at radius 2 is 2.21 bits per heavy atom. The predicted molar refractivity (Wildman–Crippen MR) is 77.9 cm³/mol. The molecule has 0 N–H and O–H groups in total. The molecule has 2 heterocycles. The fourth-order valence-corrected chi connectivity index (χ4v) is 3.17. The maximum atomic E-state index is 5.85. The van der Waals surface area contributed by atoms with Crippen LogP contribution >= 0.6 is 22.9 Å². The standard InChI is InChI=1S/C14H15ClN2OS/c15-13-10-19-14(16-13)18-12-6-7-17(9-12)8-11-4-2-1-3-5-11/h1-5,10,12H,6-9H2. The molecular formula is C14H15ClN2OS. The average Bonchev–Trinajstić information content (AvgIpc) is 3.01. The van der Waals surface area contributed by atoms with E-state index in [9.17, 15) is 0 Å². The smallest absolute Gasteiger partial charge is 0.274 e. The van der Waals surface area contributed by atoms with Crippen molar-refractivity contribution in [3.05, 3.63) is 46.4 Å².